The van der Waals surface area contributed by atoms with Crippen LogP contribution in [0.25, 0.3) is 0 Å². The van der Waals surface area contributed by atoms with Crippen molar-refractivity contribution < 1.29 is 19.1 Å². The van der Waals surface area contributed by atoms with E-state index in [1.54, 1.807) is 20.8 Å². The van der Waals surface area contributed by atoms with Crippen molar-refractivity contribution in [3.8, 4) is 0 Å². The van der Waals surface area contributed by atoms with Crippen LogP contribution in [0, 0.1) is 13.8 Å². The van der Waals surface area contributed by atoms with E-state index in [2.05, 4.69) is 6.58 Å². The fraction of sp³-hybridized carbons (Fsp3) is 0.412. The minimum absolute atomic E-state index is 0.0153. The lowest BCUT2D eigenvalue weighted by atomic mass is 10.0. The van der Waals surface area contributed by atoms with Crippen LogP contribution >= 0.6 is 0 Å². The van der Waals surface area contributed by atoms with Crippen molar-refractivity contribution in [2.45, 2.75) is 40.2 Å². The molecule has 0 atom stereocenters. The summed E-state index contributed by atoms with van der Waals surface area (Å²) < 4.78 is 10.5. The van der Waals surface area contributed by atoms with Gasteiger partial charge in [-0.1, -0.05) is 24.8 Å². The molecule has 0 aromatic heterocycles. The molecule has 1 rings (SSSR count). The van der Waals surface area contributed by atoms with Gasteiger partial charge in [-0.25, -0.2) is 9.59 Å². The summed E-state index contributed by atoms with van der Waals surface area (Å²) in [7, 11) is 0. The Hall–Kier alpha value is -2.10. The van der Waals surface area contributed by atoms with E-state index < -0.39 is 17.5 Å². The fourth-order valence-electron chi connectivity index (χ4n) is 1.82. The first kappa shape index (κ1) is 17.0. The summed E-state index contributed by atoms with van der Waals surface area (Å²) in [6.07, 6.45) is 0. The lowest BCUT2D eigenvalue weighted by Crippen LogP contribution is -2.34. The van der Waals surface area contributed by atoms with Gasteiger partial charge in [-0.05, 0) is 45.7 Å². The SMILES string of the molecule is C=C(C)C(=O)OC(C)(C)COC(=O)c1c(C)cccc1C. The predicted octanol–water partition coefficient (Wildman–Crippen LogP) is 3.36. The average molecular weight is 290 g/mol. The minimum atomic E-state index is -0.901. The Balaban J connectivity index is 2.72. The Bertz CT molecular complexity index is 550. The number of benzene rings is 1. The van der Waals surface area contributed by atoms with Crippen LogP contribution < -0.4 is 0 Å². The highest BCUT2D eigenvalue weighted by Crippen LogP contribution is 2.17. The molecule has 4 heteroatoms. The van der Waals surface area contributed by atoms with E-state index in [0.29, 0.717) is 11.1 Å². The molecule has 0 N–H and O–H groups in total. The third-order valence-corrected chi connectivity index (χ3v) is 2.95. The highest BCUT2D eigenvalue weighted by Gasteiger charge is 2.26. The summed E-state index contributed by atoms with van der Waals surface area (Å²) in [6.45, 7) is 12.2. The van der Waals surface area contributed by atoms with Crippen LogP contribution in [0.15, 0.2) is 30.4 Å². The van der Waals surface area contributed by atoms with Gasteiger partial charge in [0.25, 0.3) is 0 Å². The van der Waals surface area contributed by atoms with Crippen LogP contribution in [0.5, 0.6) is 0 Å². The van der Waals surface area contributed by atoms with Gasteiger partial charge in [-0.2, -0.15) is 0 Å². The molecule has 0 heterocycles. The molecule has 0 aliphatic rings. The maximum Gasteiger partial charge on any atom is 0.338 e. The normalized spacial score (nSPS) is 10.9. The van der Waals surface area contributed by atoms with Crippen molar-refractivity contribution in [3.05, 3.63) is 47.0 Å². The maximum absolute atomic E-state index is 12.2. The van der Waals surface area contributed by atoms with E-state index in [1.165, 1.54) is 0 Å². The van der Waals surface area contributed by atoms with Crippen LogP contribution in [0.2, 0.25) is 0 Å². The van der Waals surface area contributed by atoms with Crippen molar-refractivity contribution >= 4 is 11.9 Å². The molecule has 0 saturated carbocycles. The summed E-state index contributed by atoms with van der Waals surface area (Å²) in [5.74, 6) is -0.909. The molecule has 0 unspecified atom stereocenters. The summed E-state index contributed by atoms with van der Waals surface area (Å²) in [6, 6.07) is 5.60. The third kappa shape index (κ3) is 4.74. The molecular weight excluding hydrogens is 268 g/mol. The maximum atomic E-state index is 12.2. The molecule has 21 heavy (non-hydrogen) atoms. The number of carbonyl (C=O) groups excluding carboxylic acids is 2. The van der Waals surface area contributed by atoms with Crippen molar-refractivity contribution in [1.29, 1.82) is 0 Å². The molecule has 1 aromatic rings. The van der Waals surface area contributed by atoms with Gasteiger partial charge in [0, 0.05) is 5.57 Å². The number of hydrogen-bond donors (Lipinski definition) is 0. The molecule has 0 bridgehead atoms. The Morgan fingerprint density at radius 1 is 1.19 bits per heavy atom. The van der Waals surface area contributed by atoms with Crippen molar-refractivity contribution in [3.63, 3.8) is 0 Å². The summed E-state index contributed by atoms with van der Waals surface area (Å²) in [5.41, 5.74) is 1.68. The van der Waals surface area contributed by atoms with Gasteiger partial charge < -0.3 is 9.47 Å². The molecule has 4 nitrogen and oxygen atoms in total. The lowest BCUT2D eigenvalue weighted by molar-refractivity contribution is -0.155. The van der Waals surface area contributed by atoms with Crippen LogP contribution in [-0.4, -0.2) is 24.1 Å². The second kappa shape index (κ2) is 6.57. The molecule has 1 aromatic carbocycles. The smallest absolute Gasteiger partial charge is 0.338 e. The molecule has 0 spiro atoms. The zero-order chi connectivity index (χ0) is 16.2. The quantitative estimate of drug-likeness (QED) is 0.616. The van der Waals surface area contributed by atoms with Crippen molar-refractivity contribution in [2.24, 2.45) is 0 Å². The van der Waals surface area contributed by atoms with E-state index in [-0.39, 0.29) is 6.61 Å². The minimum Gasteiger partial charge on any atom is -0.458 e. The number of ether oxygens (including phenoxy) is 2. The Morgan fingerprint density at radius 3 is 2.19 bits per heavy atom. The monoisotopic (exact) mass is 290 g/mol. The van der Waals surface area contributed by atoms with Gasteiger partial charge in [0.2, 0.25) is 0 Å². The lowest BCUT2D eigenvalue weighted by Gasteiger charge is -2.25. The van der Waals surface area contributed by atoms with Crippen molar-refractivity contribution in [2.75, 3.05) is 6.61 Å². The number of rotatable bonds is 5. The highest BCUT2D eigenvalue weighted by atomic mass is 16.6. The Labute approximate surface area is 125 Å². The molecule has 0 aliphatic carbocycles. The molecule has 114 valence electrons. The Kier molecular flexibility index (Phi) is 5.30. The van der Waals surface area contributed by atoms with Crippen LogP contribution in [-0.2, 0) is 14.3 Å². The van der Waals surface area contributed by atoms with Crippen LogP contribution in [0.3, 0.4) is 0 Å². The van der Waals surface area contributed by atoms with Gasteiger partial charge in [-0.3, -0.25) is 0 Å². The molecule has 0 amide bonds. The van der Waals surface area contributed by atoms with E-state index in [0.717, 1.165) is 11.1 Å². The largest absolute Gasteiger partial charge is 0.458 e. The number of aryl methyl sites for hydroxylation is 2. The third-order valence-electron chi connectivity index (χ3n) is 2.95. The number of esters is 2. The first-order chi connectivity index (χ1) is 9.64. The average Bonchev–Trinajstić information content (AvgIpc) is 2.35. The fourth-order valence-corrected chi connectivity index (χ4v) is 1.82. The van der Waals surface area contributed by atoms with Gasteiger partial charge >= 0.3 is 11.9 Å². The van der Waals surface area contributed by atoms with Gasteiger partial charge in [-0.15, -0.1) is 0 Å². The molecule has 0 aliphatic heterocycles. The Morgan fingerprint density at radius 2 is 1.71 bits per heavy atom. The van der Waals surface area contributed by atoms with Crippen molar-refractivity contribution in [1.82, 2.24) is 0 Å². The van der Waals surface area contributed by atoms with E-state index in [1.807, 2.05) is 32.0 Å². The number of carbonyl (C=O) groups is 2. The molecule has 0 radical (unpaired) electrons. The zero-order valence-electron chi connectivity index (χ0n) is 13.3. The number of hydrogen-bond acceptors (Lipinski definition) is 4. The van der Waals surface area contributed by atoms with Gasteiger partial charge in [0.15, 0.2) is 0 Å². The molecule has 0 saturated heterocycles. The van der Waals surface area contributed by atoms with E-state index in [9.17, 15) is 9.59 Å². The first-order valence-electron chi connectivity index (χ1n) is 6.76. The summed E-state index contributed by atoms with van der Waals surface area (Å²) in [4.78, 5) is 23.7. The zero-order valence-corrected chi connectivity index (χ0v) is 13.3. The molecule has 0 fully saturated rings. The topological polar surface area (TPSA) is 52.6 Å². The van der Waals surface area contributed by atoms with E-state index >= 15 is 0 Å². The van der Waals surface area contributed by atoms with Crippen LogP contribution in [0.1, 0.15) is 42.3 Å². The molecular formula is C17H22O4. The van der Waals surface area contributed by atoms with Gasteiger partial charge in [0.1, 0.15) is 12.2 Å². The highest BCUT2D eigenvalue weighted by molar-refractivity contribution is 5.92. The summed E-state index contributed by atoms with van der Waals surface area (Å²) in [5, 5.41) is 0. The second-order valence-corrected chi connectivity index (χ2v) is 5.77. The summed E-state index contributed by atoms with van der Waals surface area (Å²) >= 11 is 0. The standard InChI is InChI=1S/C17H22O4/c1-11(2)15(18)21-17(5,6)10-20-16(19)14-12(3)8-7-9-13(14)4/h7-9H,1,10H2,2-6H3. The predicted molar refractivity (Wildman–Crippen MR) is 81.2 cm³/mol. The second-order valence-electron chi connectivity index (χ2n) is 5.77. The van der Waals surface area contributed by atoms with Gasteiger partial charge in [0.05, 0.1) is 5.56 Å². The first-order valence-corrected chi connectivity index (χ1v) is 6.76. The van der Waals surface area contributed by atoms with E-state index in [4.69, 9.17) is 9.47 Å². The van der Waals surface area contributed by atoms with Crippen LogP contribution in [0.4, 0.5) is 0 Å².